The minimum atomic E-state index is -0.800. The Balaban J connectivity index is 1.44. The maximum absolute atomic E-state index is 13.8. The van der Waals surface area contributed by atoms with E-state index in [9.17, 15) is 9.59 Å². The molecule has 0 bridgehead atoms. The molecule has 0 radical (unpaired) electrons. The van der Waals surface area contributed by atoms with E-state index in [0.29, 0.717) is 5.02 Å². The number of aromatic nitrogens is 3. The molecule has 174 valence electrons. The van der Waals surface area contributed by atoms with Gasteiger partial charge in [-0.1, -0.05) is 23.7 Å². The third-order valence-electron chi connectivity index (χ3n) is 6.80. The highest BCUT2D eigenvalue weighted by Crippen LogP contribution is 2.48. The van der Waals surface area contributed by atoms with Gasteiger partial charge >= 0.3 is 6.09 Å². The standard InChI is InChI=1S/C26H20ClN5O3/c1-35-25(34)31-14-26(15-31)20-6-8-29-12-22(20)32(24(26)33)13-21-23(16-3-2-7-28-10-16)19-5-4-18(27)9-17(19)11-30-21/h2-12H,13-15H2,1H3. The minimum absolute atomic E-state index is 0.0733. The van der Waals surface area contributed by atoms with Crippen LogP contribution in [-0.4, -0.2) is 52.1 Å². The highest BCUT2D eigenvalue weighted by Gasteiger charge is 2.59. The van der Waals surface area contributed by atoms with Crippen molar-refractivity contribution in [2.24, 2.45) is 0 Å². The van der Waals surface area contributed by atoms with Crippen LogP contribution in [0.3, 0.4) is 0 Å². The summed E-state index contributed by atoms with van der Waals surface area (Å²) in [6, 6.07) is 11.4. The summed E-state index contributed by atoms with van der Waals surface area (Å²) in [4.78, 5) is 42.4. The van der Waals surface area contributed by atoms with E-state index in [-0.39, 0.29) is 25.5 Å². The van der Waals surface area contributed by atoms with Crippen LogP contribution >= 0.6 is 11.6 Å². The lowest BCUT2D eigenvalue weighted by Crippen LogP contribution is -2.65. The average molecular weight is 486 g/mol. The van der Waals surface area contributed by atoms with Gasteiger partial charge in [-0.25, -0.2) is 4.79 Å². The lowest BCUT2D eigenvalue weighted by atomic mass is 9.75. The molecule has 0 aliphatic carbocycles. The van der Waals surface area contributed by atoms with Crippen molar-refractivity contribution in [3.05, 3.63) is 83.7 Å². The quantitative estimate of drug-likeness (QED) is 0.432. The summed E-state index contributed by atoms with van der Waals surface area (Å²) in [5, 5.41) is 2.50. The minimum Gasteiger partial charge on any atom is -0.453 e. The molecule has 1 fully saturated rings. The van der Waals surface area contributed by atoms with Crippen LogP contribution in [0, 0.1) is 0 Å². The summed E-state index contributed by atoms with van der Waals surface area (Å²) < 4.78 is 4.84. The van der Waals surface area contributed by atoms with Crippen LogP contribution in [0.4, 0.5) is 10.5 Å². The van der Waals surface area contributed by atoms with Gasteiger partial charge in [-0.15, -0.1) is 0 Å². The number of amides is 2. The molecular weight excluding hydrogens is 466 g/mol. The predicted molar refractivity (Wildman–Crippen MR) is 131 cm³/mol. The van der Waals surface area contributed by atoms with Gasteiger partial charge in [0.25, 0.3) is 0 Å². The zero-order valence-corrected chi connectivity index (χ0v) is 19.6. The molecular formula is C26H20ClN5O3. The zero-order valence-electron chi connectivity index (χ0n) is 18.8. The number of ether oxygens (including phenoxy) is 1. The Morgan fingerprint density at radius 2 is 1.94 bits per heavy atom. The normalized spacial score (nSPS) is 15.9. The third kappa shape index (κ3) is 3.24. The molecule has 0 atom stereocenters. The summed E-state index contributed by atoms with van der Waals surface area (Å²) in [6.45, 7) is 0.788. The van der Waals surface area contributed by atoms with Crippen LogP contribution in [-0.2, 0) is 21.5 Å². The molecule has 1 aromatic carbocycles. The van der Waals surface area contributed by atoms with Gasteiger partial charge in [0.15, 0.2) is 0 Å². The maximum Gasteiger partial charge on any atom is 0.409 e. The van der Waals surface area contributed by atoms with E-state index >= 15 is 0 Å². The molecule has 4 aromatic rings. The second-order valence-corrected chi connectivity index (χ2v) is 9.18. The van der Waals surface area contributed by atoms with Crippen molar-refractivity contribution in [2.75, 3.05) is 25.1 Å². The van der Waals surface area contributed by atoms with E-state index in [1.165, 1.54) is 12.0 Å². The van der Waals surface area contributed by atoms with E-state index in [0.717, 1.165) is 38.8 Å². The molecule has 35 heavy (non-hydrogen) atoms. The first-order valence-corrected chi connectivity index (χ1v) is 11.5. The Hall–Kier alpha value is -4.04. The Bertz CT molecular complexity index is 1490. The highest BCUT2D eigenvalue weighted by molar-refractivity contribution is 6.31. The molecule has 8 nitrogen and oxygen atoms in total. The first-order valence-electron chi connectivity index (χ1n) is 11.1. The molecule has 6 rings (SSSR count). The van der Waals surface area contributed by atoms with Crippen LogP contribution < -0.4 is 4.90 Å². The number of hydrogen-bond donors (Lipinski definition) is 0. The fourth-order valence-corrected chi connectivity index (χ4v) is 5.33. The van der Waals surface area contributed by atoms with Gasteiger partial charge in [-0.05, 0) is 35.2 Å². The van der Waals surface area contributed by atoms with Crippen molar-refractivity contribution in [3.8, 4) is 11.1 Å². The van der Waals surface area contributed by atoms with Crippen LogP contribution in [0.25, 0.3) is 21.9 Å². The number of carbonyl (C=O) groups excluding carboxylic acids is 2. The molecule has 0 N–H and O–H groups in total. The lowest BCUT2D eigenvalue weighted by Gasteiger charge is -2.45. The number of nitrogens with zero attached hydrogens (tertiary/aromatic N) is 5. The van der Waals surface area contributed by atoms with Crippen molar-refractivity contribution < 1.29 is 14.3 Å². The zero-order chi connectivity index (χ0) is 24.2. The molecule has 5 heterocycles. The Labute approximate surface area is 206 Å². The first kappa shape index (κ1) is 21.5. The van der Waals surface area contributed by atoms with Crippen molar-refractivity contribution in [1.82, 2.24) is 19.9 Å². The van der Waals surface area contributed by atoms with Gasteiger partial charge in [-0.3, -0.25) is 19.7 Å². The average Bonchev–Trinajstić information content (AvgIpc) is 3.11. The number of pyridine rings is 3. The monoisotopic (exact) mass is 485 g/mol. The molecule has 9 heteroatoms. The predicted octanol–water partition coefficient (Wildman–Crippen LogP) is 4.21. The summed E-state index contributed by atoms with van der Waals surface area (Å²) >= 11 is 6.23. The number of likely N-dealkylation sites (tertiary alicyclic amines) is 1. The van der Waals surface area contributed by atoms with Gasteiger partial charge in [0, 0.05) is 59.4 Å². The van der Waals surface area contributed by atoms with E-state index in [2.05, 4.69) is 9.97 Å². The third-order valence-corrected chi connectivity index (χ3v) is 7.04. The van der Waals surface area contributed by atoms with Gasteiger partial charge in [0.2, 0.25) is 5.91 Å². The van der Waals surface area contributed by atoms with Crippen LogP contribution in [0.1, 0.15) is 11.3 Å². The van der Waals surface area contributed by atoms with Gasteiger partial charge in [0.1, 0.15) is 5.41 Å². The fourth-order valence-electron chi connectivity index (χ4n) is 5.15. The van der Waals surface area contributed by atoms with E-state index < -0.39 is 11.5 Å². The molecule has 3 aromatic heterocycles. The second kappa shape index (κ2) is 8.02. The van der Waals surface area contributed by atoms with Crippen LogP contribution in [0.2, 0.25) is 5.02 Å². The SMILES string of the molecule is COC(=O)N1CC2(C1)C(=O)N(Cc1ncc3cc(Cl)ccc3c1-c1cccnc1)c1cnccc12. The number of hydrogen-bond acceptors (Lipinski definition) is 6. The summed E-state index contributed by atoms with van der Waals surface area (Å²) in [7, 11) is 1.34. The van der Waals surface area contributed by atoms with Gasteiger partial charge in [-0.2, -0.15) is 0 Å². The summed E-state index contributed by atoms with van der Waals surface area (Å²) in [5.74, 6) is -0.0733. The van der Waals surface area contributed by atoms with E-state index in [4.69, 9.17) is 21.3 Å². The maximum atomic E-state index is 13.8. The number of methoxy groups -OCH3 is 1. The van der Waals surface area contributed by atoms with Crippen molar-refractivity contribution in [1.29, 1.82) is 0 Å². The molecule has 2 aliphatic heterocycles. The Morgan fingerprint density at radius 3 is 2.71 bits per heavy atom. The molecule has 1 saturated heterocycles. The number of benzene rings is 1. The lowest BCUT2D eigenvalue weighted by molar-refractivity contribution is -0.128. The topological polar surface area (TPSA) is 88.5 Å². The molecule has 1 spiro atoms. The number of fused-ring (bicyclic) bond motifs is 3. The molecule has 2 amide bonds. The van der Waals surface area contributed by atoms with Crippen LogP contribution in [0.15, 0.2) is 67.4 Å². The second-order valence-electron chi connectivity index (χ2n) is 8.75. The Morgan fingerprint density at radius 1 is 1.11 bits per heavy atom. The number of halogens is 1. The molecule has 0 saturated carbocycles. The van der Waals surface area contributed by atoms with Crippen molar-refractivity contribution in [3.63, 3.8) is 0 Å². The van der Waals surface area contributed by atoms with Gasteiger partial charge < -0.3 is 14.5 Å². The van der Waals surface area contributed by atoms with Crippen molar-refractivity contribution >= 4 is 40.1 Å². The number of rotatable bonds is 3. The largest absolute Gasteiger partial charge is 0.453 e. The number of carbonyl (C=O) groups is 2. The molecule has 2 aliphatic rings. The first-order chi connectivity index (χ1) is 17.0. The van der Waals surface area contributed by atoms with Gasteiger partial charge in [0.05, 0.1) is 31.2 Å². The smallest absolute Gasteiger partial charge is 0.409 e. The Kier molecular flexibility index (Phi) is 4.93. The van der Waals surface area contributed by atoms with E-state index in [1.54, 1.807) is 35.9 Å². The number of anilines is 1. The fraction of sp³-hybridized carbons (Fsp3) is 0.192. The molecule has 0 unspecified atom stereocenters. The van der Waals surface area contributed by atoms with E-state index in [1.807, 2.05) is 36.4 Å². The summed E-state index contributed by atoms with van der Waals surface area (Å²) in [6.07, 6.45) is 8.23. The van der Waals surface area contributed by atoms with Crippen LogP contribution in [0.5, 0.6) is 0 Å². The van der Waals surface area contributed by atoms with Crippen molar-refractivity contribution in [2.45, 2.75) is 12.0 Å². The summed E-state index contributed by atoms with van der Waals surface area (Å²) in [5.41, 5.74) is 3.33. The highest BCUT2D eigenvalue weighted by atomic mass is 35.5.